The summed E-state index contributed by atoms with van der Waals surface area (Å²) < 4.78 is 5.95. The smallest absolute Gasteiger partial charge is 0.306 e. The minimum Gasteiger partial charge on any atom is -0.462 e. The molecular weight excluding hydrogens is 791 g/mol. The average Bonchev–Trinajstić information content (AvgIpc) is 3.29. The summed E-state index contributed by atoms with van der Waals surface area (Å²) in [6.45, 7) is 6.37. The third kappa shape index (κ3) is 46.4. The summed E-state index contributed by atoms with van der Waals surface area (Å²) in [4.78, 5) is 26.2. The van der Waals surface area contributed by atoms with Gasteiger partial charge in [-0.1, -0.05) is 275 Å². The minimum absolute atomic E-state index is 0.0709. The number of aliphatic hydroxyl groups is 2. The lowest BCUT2D eigenvalue weighted by atomic mass is 10.0. The quantitative estimate of drug-likeness (QED) is 0.0321. The monoisotopic (exact) mass is 898 g/mol. The number of carbonyl (C=O) groups excluding carboxylic acids is 2. The molecule has 0 aromatic rings. The molecule has 3 unspecified atom stereocenters. The maximum atomic E-state index is 13.3. The third-order valence-corrected chi connectivity index (χ3v) is 12.8. The lowest BCUT2D eigenvalue weighted by Crippen LogP contribution is -2.46. The van der Waals surface area contributed by atoms with Gasteiger partial charge in [0.1, 0.15) is 6.10 Å². The van der Waals surface area contributed by atoms with Crippen LogP contribution < -0.4 is 5.32 Å². The predicted molar refractivity (Wildman–Crippen MR) is 278 cm³/mol. The van der Waals surface area contributed by atoms with Gasteiger partial charge in [0.25, 0.3) is 0 Å². The molecule has 0 saturated heterocycles. The molecule has 374 valence electrons. The number of esters is 1. The van der Waals surface area contributed by atoms with Gasteiger partial charge in [0.05, 0.1) is 25.2 Å². The van der Waals surface area contributed by atoms with E-state index < -0.39 is 18.2 Å². The summed E-state index contributed by atoms with van der Waals surface area (Å²) in [5.74, 6) is -0.488. The average molecular weight is 898 g/mol. The van der Waals surface area contributed by atoms with Gasteiger partial charge < -0.3 is 20.3 Å². The maximum absolute atomic E-state index is 13.3. The Kier molecular flexibility index (Phi) is 50.0. The zero-order chi connectivity index (χ0) is 46.7. The number of allylic oxidation sites excluding steroid dienone is 8. The van der Waals surface area contributed by atoms with Crippen LogP contribution in [0, 0.1) is 0 Å². The SMILES string of the molecule is CC/C=C/C=C/C=C/C=C\CCCCCCCC(=O)OC(CCCCCCCCCCCCCCCCCC)CC(=O)NC(CO)C(O)CCCCCCCCCCCCCCCC. The van der Waals surface area contributed by atoms with Crippen molar-refractivity contribution in [3.63, 3.8) is 0 Å². The molecule has 0 aromatic carbocycles. The molecule has 0 spiro atoms. The van der Waals surface area contributed by atoms with Gasteiger partial charge in [0.2, 0.25) is 5.91 Å². The van der Waals surface area contributed by atoms with Crippen LogP contribution in [-0.2, 0) is 14.3 Å². The van der Waals surface area contributed by atoms with Crippen LogP contribution in [0.3, 0.4) is 0 Å². The first-order valence-corrected chi connectivity index (χ1v) is 27.9. The Hall–Kier alpha value is -2.18. The Balaban J connectivity index is 4.58. The molecule has 3 atom stereocenters. The van der Waals surface area contributed by atoms with Crippen molar-refractivity contribution in [2.75, 3.05) is 6.61 Å². The summed E-state index contributed by atoms with van der Waals surface area (Å²) in [6.07, 6.45) is 63.1. The molecule has 0 aliphatic rings. The molecular formula is C58H107NO5. The molecule has 0 aliphatic heterocycles. The zero-order valence-electron chi connectivity index (χ0n) is 42.7. The van der Waals surface area contributed by atoms with Gasteiger partial charge in [0.15, 0.2) is 0 Å². The number of amides is 1. The van der Waals surface area contributed by atoms with Gasteiger partial charge in [-0.25, -0.2) is 0 Å². The Morgan fingerprint density at radius 3 is 1.28 bits per heavy atom. The van der Waals surface area contributed by atoms with Crippen molar-refractivity contribution in [1.82, 2.24) is 5.32 Å². The van der Waals surface area contributed by atoms with Crippen LogP contribution in [0.25, 0.3) is 0 Å². The fraction of sp³-hybridized carbons (Fsp3) is 0.828. The Labute approximate surface area is 397 Å². The van der Waals surface area contributed by atoms with E-state index in [1.165, 1.54) is 161 Å². The number of ether oxygens (including phenoxy) is 1. The summed E-state index contributed by atoms with van der Waals surface area (Å²) in [6, 6.07) is -0.705. The van der Waals surface area contributed by atoms with Crippen LogP contribution in [0.1, 0.15) is 284 Å². The van der Waals surface area contributed by atoms with E-state index in [9.17, 15) is 19.8 Å². The van der Waals surface area contributed by atoms with Gasteiger partial charge >= 0.3 is 5.97 Å². The molecule has 0 fully saturated rings. The van der Waals surface area contributed by atoms with Crippen LogP contribution in [0.4, 0.5) is 0 Å². The molecule has 3 N–H and O–H groups in total. The van der Waals surface area contributed by atoms with Gasteiger partial charge in [-0.2, -0.15) is 0 Å². The van der Waals surface area contributed by atoms with Crippen LogP contribution in [-0.4, -0.2) is 46.9 Å². The van der Waals surface area contributed by atoms with E-state index in [-0.39, 0.29) is 24.9 Å². The fourth-order valence-electron chi connectivity index (χ4n) is 8.56. The van der Waals surface area contributed by atoms with E-state index in [1.807, 2.05) is 18.2 Å². The number of carbonyl (C=O) groups is 2. The molecule has 0 radical (unpaired) electrons. The van der Waals surface area contributed by atoms with E-state index >= 15 is 0 Å². The maximum Gasteiger partial charge on any atom is 0.306 e. The first kappa shape index (κ1) is 61.8. The number of nitrogens with one attached hydrogen (secondary N) is 1. The van der Waals surface area contributed by atoms with Crippen LogP contribution in [0.2, 0.25) is 0 Å². The highest BCUT2D eigenvalue weighted by atomic mass is 16.5. The van der Waals surface area contributed by atoms with Crippen molar-refractivity contribution in [2.45, 2.75) is 302 Å². The molecule has 64 heavy (non-hydrogen) atoms. The first-order valence-electron chi connectivity index (χ1n) is 27.9. The Morgan fingerprint density at radius 1 is 0.469 bits per heavy atom. The highest BCUT2D eigenvalue weighted by Gasteiger charge is 2.24. The second-order valence-corrected chi connectivity index (χ2v) is 19.1. The summed E-state index contributed by atoms with van der Waals surface area (Å²) >= 11 is 0. The number of hydrogen-bond donors (Lipinski definition) is 3. The van der Waals surface area contributed by atoms with Gasteiger partial charge in [-0.05, 0) is 44.9 Å². The van der Waals surface area contributed by atoms with E-state index in [2.05, 4.69) is 56.5 Å². The third-order valence-electron chi connectivity index (χ3n) is 12.8. The van der Waals surface area contributed by atoms with Crippen molar-refractivity contribution in [1.29, 1.82) is 0 Å². The standard InChI is InChI=1S/C58H107NO5/c1-4-7-10-13-16-19-22-25-28-30-31-34-37-40-43-46-49-54(64-58(63)51-48-45-42-39-36-33-29-26-23-20-17-14-11-8-5-2)52-57(62)59-55(53-60)56(61)50-47-44-41-38-35-32-27-24-21-18-15-12-9-6-3/h8,11,14,17,20,23,26,29,54-56,60-61H,4-7,9-10,12-13,15-16,18-19,21-22,24-25,27-28,30-53H2,1-3H3,(H,59,62)/b11-8+,17-14+,23-20+,29-26-. The van der Waals surface area contributed by atoms with E-state index in [4.69, 9.17) is 4.74 Å². The lowest BCUT2D eigenvalue weighted by Gasteiger charge is -2.24. The number of aliphatic hydroxyl groups excluding tert-OH is 2. The van der Waals surface area contributed by atoms with Crippen molar-refractivity contribution in [3.8, 4) is 0 Å². The van der Waals surface area contributed by atoms with E-state index in [1.54, 1.807) is 0 Å². The van der Waals surface area contributed by atoms with Crippen molar-refractivity contribution in [2.24, 2.45) is 0 Å². The summed E-state index contributed by atoms with van der Waals surface area (Å²) in [7, 11) is 0. The van der Waals surface area contributed by atoms with Crippen LogP contribution in [0.5, 0.6) is 0 Å². The second-order valence-electron chi connectivity index (χ2n) is 19.1. The molecule has 6 nitrogen and oxygen atoms in total. The van der Waals surface area contributed by atoms with Crippen molar-refractivity contribution >= 4 is 11.9 Å². The summed E-state index contributed by atoms with van der Waals surface area (Å²) in [5.41, 5.74) is 0. The first-order chi connectivity index (χ1) is 31.5. The summed E-state index contributed by atoms with van der Waals surface area (Å²) in [5, 5.41) is 23.9. The normalized spacial score (nSPS) is 13.5. The van der Waals surface area contributed by atoms with Crippen molar-refractivity contribution in [3.05, 3.63) is 48.6 Å². The van der Waals surface area contributed by atoms with Crippen molar-refractivity contribution < 1.29 is 24.5 Å². The number of hydrogen-bond acceptors (Lipinski definition) is 5. The fourth-order valence-corrected chi connectivity index (χ4v) is 8.56. The lowest BCUT2D eigenvalue weighted by molar-refractivity contribution is -0.151. The molecule has 6 heteroatoms. The molecule has 1 amide bonds. The Morgan fingerprint density at radius 2 is 0.844 bits per heavy atom. The van der Waals surface area contributed by atoms with E-state index in [0.29, 0.717) is 19.3 Å². The largest absolute Gasteiger partial charge is 0.462 e. The topological polar surface area (TPSA) is 95.9 Å². The molecule has 0 aromatic heterocycles. The molecule has 0 saturated carbocycles. The highest BCUT2D eigenvalue weighted by molar-refractivity contribution is 5.77. The van der Waals surface area contributed by atoms with Crippen LogP contribution >= 0.6 is 0 Å². The highest BCUT2D eigenvalue weighted by Crippen LogP contribution is 2.19. The zero-order valence-corrected chi connectivity index (χ0v) is 42.7. The second kappa shape index (κ2) is 51.8. The molecule has 0 bridgehead atoms. The number of unbranched alkanes of at least 4 members (excludes halogenated alkanes) is 33. The van der Waals surface area contributed by atoms with Gasteiger partial charge in [0, 0.05) is 6.42 Å². The Bertz CT molecular complexity index is 1100. The molecule has 0 rings (SSSR count). The molecule has 0 heterocycles. The van der Waals surface area contributed by atoms with Crippen LogP contribution in [0.15, 0.2) is 48.6 Å². The van der Waals surface area contributed by atoms with Gasteiger partial charge in [-0.3, -0.25) is 9.59 Å². The minimum atomic E-state index is -0.791. The number of rotatable bonds is 50. The molecule has 0 aliphatic carbocycles. The van der Waals surface area contributed by atoms with Gasteiger partial charge in [-0.15, -0.1) is 0 Å². The van der Waals surface area contributed by atoms with E-state index in [0.717, 1.165) is 77.0 Å². The predicted octanol–water partition coefficient (Wildman–Crippen LogP) is 17.0.